The minimum absolute atomic E-state index is 0.0728. The van der Waals surface area contributed by atoms with Crippen molar-refractivity contribution in [2.75, 3.05) is 10.7 Å². The number of nitrogens with one attached hydrogen (secondary N) is 3. The number of aromatic nitrogens is 2. The van der Waals surface area contributed by atoms with Crippen molar-refractivity contribution in [2.45, 2.75) is 59.5 Å². The van der Waals surface area contributed by atoms with Crippen LogP contribution in [0.1, 0.15) is 51.9 Å². The maximum absolute atomic E-state index is 12.0. The van der Waals surface area contributed by atoms with Gasteiger partial charge in [-0.3, -0.25) is 4.79 Å². The average molecular weight is 294 g/mol. The van der Waals surface area contributed by atoms with Crippen LogP contribution in [-0.4, -0.2) is 28.0 Å². The molecule has 7 nitrogen and oxygen atoms in total. The molecule has 0 aliphatic heterocycles. The van der Waals surface area contributed by atoms with E-state index in [9.17, 15) is 4.79 Å². The molecule has 0 aliphatic rings. The Bertz CT molecular complexity index is 500. The van der Waals surface area contributed by atoms with Gasteiger partial charge in [0.05, 0.1) is 0 Å². The molecule has 118 valence electrons. The standard InChI is InChI=1S/C14H26N6O/c1-7(2)11-18-12(9(5)13(19-11)20-15)17-10(6)14(21)16-8(3)4/h7-8,10H,15H2,1-6H3,(H,16,21)(H2,17,18,19,20). The molecule has 1 aromatic rings. The minimum atomic E-state index is -0.397. The zero-order valence-corrected chi connectivity index (χ0v) is 13.6. The minimum Gasteiger partial charge on any atom is -0.358 e. The van der Waals surface area contributed by atoms with Crippen molar-refractivity contribution in [3.05, 3.63) is 11.4 Å². The fraction of sp³-hybridized carbons (Fsp3) is 0.643. The molecule has 1 heterocycles. The van der Waals surface area contributed by atoms with Crippen LogP contribution >= 0.6 is 0 Å². The Hall–Kier alpha value is -1.89. The molecule has 0 bridgehead atoms. The van der Waals surface area contributed by atoms with Crippen LogP contribution < -0.4 is 21.9 Å². The number of hydrogen-bond donors (Lipinski definition) is 4. The van der Waals surface area contributed by atoms with Crippen LogP contribution in [0.4, 0.5) is 11.6 Å². The lowest BCUT2D eigenvalue weighted by Crippen LogP contribution is -2.41. The number of nitrogens with zero attached hydrogens (tertiary/aromatic N) is 2. The van der Waals surface area contributed by atoms with E-state index in [-0.39, 0.29) is 17.9 Å². The van der Waals surface area contributed by atoms with Gasteiger partial charge in [0.15, 0.2) is 0 Å². The number of carbonyl (C=O) groups excluding carboxylic acids is 1. The van der Waals surface area contributed by atoms with Crippen LogP contribution in [-0.2, 0) is 4.79 Å². The van der Waals surface area contributed by atoms with E-state index >= 15 is 0 Å². The smallest absolute Gasteiger partial charge is 0.242 e. The fourth-order valence-electron chi connectivity index (χ4n) is 1.75. The summed E-state index contributed by atoms with van der Waals surface area (Å²) in [6, 6.07) is -0.299. The largest absolute Gasteiger partial charge is 0.358 e. The molecular weight excluding hydrogens is 268 g/mol. The first kappa shape index (κ1) is 17.2. The second-order valence-corrected chi connectivity index (χ2v) is 5.73. The Morgan fingerprint density at radius 1 is 1.10 bits per heavy atom. The zero-order chi connectivity index (χ0) is 16.2. The van der Waals surface area contributed by atoms with Crippen LogP contribution in [0.25, 0.3) is 0 Å². The van der Waals surface area contributed by atoms with Crippen molar-refractivity contribution in [1.29, 1.82) is 0 Å². The Morgan fingerprint density at radius 3 is 2.14 bits per heavy atom. The second-order valence-electron chi connectivity index (χ2n) is 5.73. The molecule has 0 fully saturated rings. The van der Waals surface area contributed by atoms with Gasteiger partial charge in [0.25, 0.3) is 0 Å². The van der Waals surface area contributed by atoms with Gasteiger partial charge < -0.3 is 16.1 Å². The van der Waals surface area contributed by atoms with Gasteiger partial charge in [0, 0.05) is 17.5 Å². The van der Waals surface area contributed by atoms with E-state index in [4.69, 9.17) is 5.84 Å². The molecule has 0 aliphatic carbocycles. The molecule has 1 aromatic heterocycles. The van der Waals surface area contributed by atoms with Crippen LogP contribution in [0, 0.1) is 6.92 Å². The van der Waals surface area contributed by atoms with Crippen molar-refractivity contribution in [2.24, 2.45) is 5.84 Å². The first-order valence-electron chi connectivity index (χ1n) is 7.18. The highest BCUT2D eigenvalue weighted by molar-refractivity contribution is 5.84. The van der Waals surface area contributed by atoms with Crippen LogP contribution in [0.5, 0.6) is 0 Å². The number of anilines is 2. The van der Waals surface area contributed by atoms with Gasteiger partial charge >= 0.3 is 0 Å². The number of nitrogen functional groups attached to an aromatic ring is 1. The molecule has 0 saturated carbocycles. The van der Waals surface area contributed by atoms with Gasteiger partial charge in [-0.05, 0) is 27.7 Å². The number of hydrogen-bond acceptors (Lipinski definition) is 6. The van der Waals surface area contributed by atoms with Gasteiger partial charge in [-0.2, -0.15) is 0 Å². The average Bonchev–Trinajstić information content (AvgIpc) is 2.39. The molecule has 7 heteroatoms. The van der Waals surface area contributed by atoms with Crippen LogP contribution in [0.15, 0.2) is 0 Å². The number of rotatable bonds is 6. The number of nitrogens with two attached hydrogens (primary N) is 1. The zero-order valence-electron chi connectivity index (χ0n) is 13.6. The lowest BCUT2D eigenvalue weighted by Gasteiger charge is -2.19. The van der Waals surface area contributed by atoms with Gasteiger partial charge in [-0.15, -0.1) is 0 Å². The second kappa shape index (κ2) is 7.21. The van der Waals surface area contributed by atoms with E-state index in [1.807, 2.05) is 34.6 Å². The Labute approximate surface area is 126 Å². The molecule has 0 spiro atoms. The number of hydrazine groups is 1. The molecule has 1 atom stereocenters. The van der Waals surface area contributed by atoms with E-state index in [0.29, 0.717) is 17.5 Å². The Morgan fingerprint density at radius 2 is 1.67 bits per heavy atom. The summed E-state index contributed by atoms with van der Waals surface area (Å²) in [4.78, 5) is 20.8. The Balaban J connectivity index is 3.01. The van der Waals surface area contributed by atoms with Crippen molar-refractivity contribution in [1.82, 2.24) is 15.3 Å². The third-order valence-electron chi connectivity index (χ3n) is 2.99. The van der Waals surface area contributed by atoms with E-state index in [1.54, 1.807) is 6.92 Å². The van der Waals surface area contributed by atoms with E-state index in [0.717, 1.165) is 5.56 Å². The molecule has 1 unspecified atom stereocenters. The maximum Gasteiger partial charge on any atom is 0.242 e. The Kier molecular flexibility index (Phi) is 5.90. The molecule has 0 saturated heterocycles. The SMILES string of the molecule is Cc1c(NN)nc(C(C)C)nc1NC(C)C(=O)NC(C)C. The quantitative estimate of drug-likeness (QED) is 0.468. The first-order valence-corrected chi connectivity index (χ1v) is 7.18. The van der Waals surface area contributed by atoms with E-state index in [2.05, 4.69) is 26.0 Å². The van der Waals surface area contributed by atoms with Crippen molar-refractivity contribution >= 4 is 17.5 Å². The first-order chi connectivity index (χ1) is 9.76. The molecule has 1 amide bonds. The highest BCUT2D eigenvalue weighted by Crippen LogP contribution is 2.23. The molecule has 1 rings (SSSR count). The summed E-state index contributed by atoms with van der Waals surface area (Å²) in [6.07, 6.45) is 0. The van der Waals surface area contributed by atoms with Crippen molar-refractivity contribution in [3.8, 4) is 0 Å². The van der Waals surface area contributed by atoms with E-state index in [1.165, 1.54) is 0 Å². The summed E-state index contributed by atoms with van der Waals surface area (Å²) in [5.74, 6) is 7.44. The molecule has 5 N–H and O–H groups in total. The van der Waals surface area contributed by atoms with Crippen molar-refractivity contribution < 1.29 is 4.79 Å². The summed E-state index contributed by atoms with van der Waals surface area (Å²) in [5, 5.41) is 5.99. The number of carbonyl (C=O) groups is 1. The van der Waals surface area contributed by atoms with Crippen LogP contribution in [0.2, 0.25) is 0 Å². The van der Waals surface area contributed by atoms with E-state index < -0.39 is 6.04 Å². The summed E-state index contributed by atoms with van der Waals surface area (Å²) in [6.45, 7) is 11.5. The molecule has 0 aromatic carbocycles. The molecule has 0 radical (unpaired) electrons. The molecular formula is C14H26N6O. The summed E-state index contributed by atoms with van der Waals surface area (Å²) >= 11 is 0. The fourth-order valence-corrected chi connectivity index (χ4v) is 1.75. The lowest BCUT2D eigenvalue weighted by atomic mass is 10.2. The third kappa shape index (κ3) is 4.56. The third-order valence-corrected chi connectivity index (χ3v) is 2.99. The molecule has 21 heavy (non-hydrogen) atoms. The van der Waals surface area contributed by atoms with Gasteiger partial charge in [0.1, 0.15) is 23.5 Å². The summed E-state index contributed by atoms with van der Waals surface area (Å²) < 4.78 is 0. The van der Waals surface area contributed by atoms with Crippen LogP contribution in [0.3, 0.4) is 0 Å². The highest BCUT2D eigenvalue weighted by atomic mass is 16.2. The van der Waals surface area contributed by atoms with Gasteiger partial charge in [0.2, 0.25) is 5.91 Å². The van der Waals surface area contributed by atoms with Crippen molar-refractivity contribution in [3.63, 3.8) is 0 Å². The predicted octanol–water partition coefficient (Wildman–Crippen LogP) is 1.52. The normalized spacial score (nSPS) is 12.4. The predicted molar refractivity (Wildman–Crippen MR) is 85.0 cm³/mol. The topological polar surface area (TPSA) is 105 Å². The van der Waals surface area contributed by atoms with Gasteiger partial charge in [-0.1, -0.05) is 13.8 Å². The highest BCUT2D eigenvalue weighted by Gasteiger charge is 2.18. The monoisotopic (exact) mass is 294 g/mol. The maximum atomic E-state index is 12.0. The summed E-state index contributed by atoms with van der Waals surface area (Å²) in [5.41, 5.74) is 3.36. The number of amides is 1. The summed E-state index contributed by atoms with van der Waals surface area (Å²) in [7, 11) is 0. The van der Waals surface area contributed by atoms with Gasteiger partial charge in [-0.25, -0.2) is 15.8 Å². The lowest BCUT2D eigenvalue weighted by molar-refractivity contribution is -0.122.